The van der Waals surface area contributed by atoms with Crippen LogP contribution in [0.15, 0.2) is 28.8 Å². The Kier molecular flexibility index (Phi) is 6.85. The van der Waals surface area contributed by atoms with Gasteiger partial charge in [-0.2, -0.15) is 13.2 Å². The Morgan fingerprint density at radius 3 is 2.55 bits per heavy atom. The zero-order chi connectivity index (χ0) is 22.8. The first-order valence-electron chi connectivity index (χ1n) is 9.48. The number of sulfone groups is 1. The van der Waals surface area contributed by atoms with Gasteiger partial charge in [-0.3, -0.25) is 4.79 Å². The van der Waals surface area contributed by atoms with Gasteiger partial charge >= 0.3 is 6.18 Å². The van der Waals surface area contributed by atoms with Gasteiger partial charge in [0.05, 0.1) is 22.0 Å². The monoisotopic (exact) mass is 479 g/mol. The average molecular weight is 480 g/mol. The molecule has 0 radical (unpaired) electrons. The van der Waals surface area contributed by atoms with Crippen molar-refractivity contribution >= 4 is 33.2 Å². The van der Waals surface area contributed by atoms with E-state index in [1.54, 1.807) is 11.0 Å². The lowest BCUT2D eigenvalue weighted by atomic mass is 9.93. The minimum atomic E-state index is -4.58. The van der Waals surface area contributed by atoms with E-state index >= 15 is 0 Å². The average Bonchev–Trinajstić information content (AvgIpc) is 3.14. The fourth-order valence-corrected chi connectivity index (χ4v) is 4.12. The van der Waals surface area contributed by atoms with Crippen molar-refractivity contribution in [1.29, 1.82) is 0 Å². The second kappa shape index (κ2) is 9.07. The first kappa shape index (κ1) is 23.4. The Hall–Kier alpha value is -2.27. The molecule has 1 saturated heterocycles. The van der Waals surface area contributed by atoms with Crippen LogP contribution in [0, 0.1) is 0 Å². The van der Waals surface area contributed by atoms with Crippen LogP contribution in [0.4, 0.5) is 19.1 Å². The fraction of sp³-hybridized carbons (Fsp3) is 0.474. The van der Waals surface area contributed by atoms with Crippen LogP contribution in [0.5, 0.6) is 0 Å². The van der Waals surface area contributed by atoms with Crippen LogP contribution in [-0.2, 0) is 16.0 Å². The maximum absolute atomic E-state index is 12.8. The van der Waals surface area contributed by atoms with E-state index < -0.39 is 26.6 Å². The summed E-state index contributed by atoms with van der Waals surface area (Å²) in [5, 5.41) is 6.37. The number of nitrogens with one attached hydrogen (secondary N) is 1. The molecule has 1 aliphatic rings. The Morgan fingerprint density at radius 1 is 1.29 bits per heavy atom. The molecular formula is C19H21ClF3N3O4S. The largest absolute Gasteiger partial charge is 0.417 e. The molecule has 0 unspecified atom stereocenters. The Labute approximate surface area is 182 Å². The van der Waals surface area contributed by atoms with Crippen molar-refractivity contribution in [2.75, 3.05) is 37.0 Å². The highest BCUT2D eigenvalue weighted by Gasteiger charge is 2.34. The van der Waals surface area contributed by atoms with E-state index in [1.807, 2.05) is 0 Å². The molecule has 0 atom stereocenters. The maximum atomic E-state index is 12.8. The quantitative estimate of drug-likeness (QED) is 0.677. The first-order valence-corrected chi connectivity index (χ1v) is 11.9. The van der Waals surface area contributed by atoms with Gasteiger partial charge in [0.15, 0.2) is 0 Å². The maximum Gasteiger partial charge on any atom is 0.417 e. The van der Waals surface area contributed by atoms with Gasteiger partial charge in [0.25, 0.3) is 5.91 Å². The Bertz CT molecular complexity index is 1050. The second-order valence-corrected chi connectivity index (χ2v) is 10.1. The van der Waals surface area contributed by atoms with Crippen molar-refractivity contribution in [3.05, 3.63) is 46.1 Å². The van der Waals surface area contributed by atoms with Crippen molar-refractivity contribution in [3.63, 3.8) is 0 Å². The topological polar surface area (TPSA) is 92.5 Å². The molecule has 1 aromatic heterocycles. The lowest BCUT2D eigenvalue weighted by Gasteiger charge is -2.31. The number of nitrogens with zero attached hydrogens (tertiary/aromatic N) is 2. The highest BCUT2D eigenvalue weighted by Crippen LogP contribution is 2.35. The summed E-state index contributed by atoms with van der Waals surface area (Å²) in [6.07, 6.45) is -2.22. The molecular weight excluding hydrogens is 459 g/mol. The SMILES string of the molecule is CS(=O)(=O)CCNc1cc(C2CCN(C(=O)c3ccc(C(F)(F)F)c(Cl)c3)CC2)no1. The molecule has 12 heteroatoms. The molecule has 0 aliphatic carbocycles. The molecule has 31 heavy (non-hydrogen) atoms. The molecule has 2 aromatic rings. The van der Waals surface area contributed by atoms with Crippen molar-refractivity contribution in [2.24, 2.45) is 0 Å². The molecule has 1 aromatic carbocycles. The van der Waals surface area contributed by atoms with Crippen molar-refractivity contribution in [2.45, 2.75) is 24.9 Å². The third-order valence-corrected chi connectivity index (χ3v) is 6.28. The summed E-state index contributed by atoms with van der Waals surface area (Å²) in [6.45, 7) is 1.02. The van der Waals surface area contributed by atoms with Gasteiger partial charge < -0.3 is 14.7 Å². The van der Waals surface area contributed by atoms with E-state index in [0.717, 1.165) is 24.5 Å². The van der Waals surface area contributed by atoms with E-state index in [-0.39, 0.29) is 29.7 Å². The molecule has 0 spiro atoms. The van der Waals surface area contributed by atoms with Crippen molar-refractivity contribution in [3.8, 4) is 0 Å². The summed E-state index contributed by atoms with van der Waals surface area (Å²) >= 11 is 5.71. The summed E-state index contributed by atoms with van der Waals surface area (Å²) in [6, 6.07) is 4.70. The third kappa shape index (κ3) is 6.13. The van der Waals surface area contributed by atoms with Gasteiger partial charge in [0, 0.05) is 43.4 Å². The number of rotatable bonds is 6. The molecule has 3 rings (SSSR count). The van der Waals surface area contributed by atoms with Crippen molar-refractivity contribution < 1.29 is 30.9 Å². The smallest absolute Gasteiger partial charge is 0.353 e. The predicted octanol–water partition coefficient (Wildman–Crippen LogP) is 3.82. The Morgan fingerprint density at radius 2 is 1.97 bits per heavy atom. The van der Waals surface area contributed by atoms with Crippen LogP contribution in [0.1, 0.15) is 40.4 Å². The number of halogens is 4. The summed E-state index contributed by atoms with van der Waals surface area (Å²) in [7, 11) is -3.08. The van der Waals surface area contributed by atoms with Gasteiger partial charge in [0.2, 0.25) is 5.88 Å². The van der Waals surface area contributed by atoms with E-state index in [2.05, 4.69) is 10.5 Å². The van der Waals surface area contributed by atoms with Gasteiger partial charge in [0.1, 0.15) is 9.84 Å². The number of hydrogen-bond acceptors (Lipinski definition) is 6. The third-order valence-electron chi connectivity index (χ3n) is 5.02. The lowest BCUT2D eigenvalue weighted by molar-refractivity contribution is -0.137. The van der Waals surface area contributed by atoms with Crippen LogP contribution in [0.3, 0.4) is 0 Å². The number of likely N-dealkylation sites (tertiary alicyclic amines) is 1. The summed E-state index contributed by atoms with van der Waals surface area (Å²) < 4.78 is 66.0. The van der Waals surface area contributed by atoms with Gasteiger partial charge in [-0.1, -0.05) is 16.8 Å². The van der Waals surface area contributed by atoms with Gasteiger partial charge in [-0.05, 0) is 31.0 Å². The number of piperidine rings is 1. The highest BCUT2D eigenvalue weighted by molar-refractivity contribution is 7.90. The molecule has 0 bridgehead atoms. The fourth-order valence-electron chi connectivity index (χ4n) is 3.36. The predicted molar refractivity (Wildman–Crippen MR) is 109 cm³/mol. The molecule has 170 valence electrons. The summed E-state index contributed by atoms with van der Waals surface area (Å²) in [5.74, 6) is 0.0145. The van der Waals surface area contributed by atoms with E-state index in [1.165, 1.54) is 0 Å². The minimum absolute atomic E-state index is 0.0303. The zero-order valence-corrected chi connectivity index (χ0v) is 18.1. The van der Waals surface area contributed by atoms with Crippen LogP contribution in [-0.4, -0.2) is 56.0 Å². The van der Waals surface area contributed by atoms with E-state index in [0.29, 0.717) is 37.5 Å². The normalized spacial score (nSPS) is 15.8. The van der Waals surface area contributed by atoms with Crippen LogP contribution in [0.25, 0.3) is 0 Å². The molecule has 2 heterocycles. The van der Waals surface area contributed by atoms with Gasteiger partial charge in [-0.15, -0.1) is 0 Å². The number of hydrogen-bond donors (Lipinski definition) is 1. The summed E-state index contributed by atoms with van der Waals surface area (Å²) in [5.41, 5.74) is -0.168. The Balaban J connectivity index is 1.56. The van der Waals surface area contributed by atoms with Crippen molar-refractivity contribution in [1.82, 2.24) is 10.1 Å². The summed E-state index contributed by atoms with van der Waals surface area (Å²) in [4.78, 5) is 14.2. The number of anilines is 1. The zero-order valence-electron chi connectivity index (χ0n) is 16.6. The number of alkyl halides is 3. The molecule has 1 fully saturated rings. The van der Waals surface area contributed by atoms with Gasteiger partial charge in [-0.25, -0.2) is 8.42 Å². The number of amides is 1. The van der Waals surface area contributed by atoms with Crippen LogP contribution in [0.2, 0.25) is 5.02 Å². The number of aromatic nitrogens is 1. The highest BCUT2D eigenvalue weighted by atomic mass is 35.5. The minimum Gasteiger partial charge on any atom is -0.353 e. The standard InChI is InChI=1S/C19H21ClF3N3O4S/c1-31(28,29)9-6-24-17-11-16(25-30-17)12-4-7-26(8-5-12)18(27)13-2-3-14(15(20)10-13)19(21,22)23/h2-3,10-12,24H,4-9H2,1H3. The first-order chi connectivity index (χ1) is 14.4. The van der Waals surface area contributed by atoms with Crippen LogP contribution < -0.4 is 5.32 Å². The second-order valence-electron chi connectivity index (χ2n) is 7.43. The molecule has 1 aliphatic heterocycles. The number of carbonyl (C=O) groups is 1. The molecule has 7 nitrogen and oxygen atoms in total. The number of benzene rings is 1. The molecule has 1 N–H and O–H groups in total. The molecule has 1 amide bonds. The van der Waals surface area contributed by atoms with E-state index in [4.69, 9.17) is 16.1 Å². The molecule has 0 saturated carbocycles. The number of carbonyl (C=O) groups excluding carboxylic acids is 1. The van der Waals surface area contributed by atoms with E-state index in [9.17, 15) is 26.4 Å². The lowest BCUT2D eigenvalue weighted by Crippen LogP contribution is -2.38. The van der Waals surface area contributed by atoms with Crippen LogP contribution >= 0.6 is 11.6 Å².